The van der Waals surface area contributed by atoms with Crippen LogP contribution in [-0.4, -0.2) is 37.2 Å². The van der Waals surface area contributed by atoms with Crippen molar-refractivity contribution in [2.45, 2.75) is 316 Å². The van der Waals surface area contributed by atoms with E-state index >= 15 is 0 Å². The highest BCUT2D eigenvalue weighted by molar-refractivity contribution is 5.71. The molecule has 0 radical (unpaired) electrons. The highest BCUT2D eigenvalue weighted by atomic mass is 16.6. The van der Waals surface area contributed by atoms with Crippen molar-refractivity contribution >= 4 is 17.9 Å². The van der Waals surface area contributed by atoms with E-state index in [9.17, 15) is 14.4 Å². The molecule has 0 aromatic rings. The molecule has 0 fully saturated rings. The molecule has 1 atom stereocenters. The van der Waals surface area contributed by atoms with Gasteiger partial charge >= 0.3 is 17.9 Å². The molecule has 0 spiro atoms. The van der Waals surface area contributed by atoms with Gasteiger partial charge in [-0.15, -0.1) is 0 Å². The topological polar surface area (TPSA) is 78.9 Å². The third kappa shape index (κ3) is 59.5. The van der Waals surface area contributed by atoms with Gasteiger partial charge in [0, 0.05) is 19.3 Å². The fourth-order valence-corrected chi connectivity index (χ4v) is 8.92. The van der Waals surface area contributed by atoms with Crippen LogP contribution in [0.15, 0.2) is 85.1 Å². The SMILES string of the molecule is CC/C=C\C/C=C\C/C=C\C/C=C\C/C=C\CCCCCC(=O)OC(COC(=O)CCCCCCC/C=C\C/C=C\CCC)COC(=O)CCCCCCCCCCCCCCCCCCCCCCCCCC. The number of esters is 3. The molecule has 0 saturated heterocycles. The number of carbonyl (C=O) groups excluding carboxylic acids is 3. The summed E-state index contributed by atoms with van der Waals surface area (Å²) in [7, 11) is 0. The maximum absolute atomic E-state index is 12.9. The third-order valence-corrected chi connectivity index (χ3v) is 13.6. The first kappa shape index (κ1) is 70.6. The molecule has 426 valence electrons. The number of ether oxygens (including phenoxy) is 3. The van der Waals surface area contributed by atoms with E-state index in [2.05, 4.69) is 106 Å². The molecular weight excluding hydrogens is 913 g/mol. The summed E-state index contributed by atoms with van der Waals surface area (Å²) in [6.07, 6.45) is 81.7. The smallest absolute Gasteiger partial charge is 0.306 e. The molecule has 0 aliphatic rings. The second-order valence-electron chi connectivity index (χ2n) is 20.9. The standard InChI is InChI=1S/C68H118O6/c1-4-7-10-13-16-19-22-25-27-29-31-32-33-34-35-37-38-40-43-46-49-52-55-58-61-67(70)73-64-65(63-72-66(69)60-57-54-51-48-45-42-24-21-18-15-12-9-6-3)74-68(71)62-59-56-53-50-47-44-41-39-36-30-28-26-23-20-17-14-11-8-5-2/h8,11-12,15,17,20-21,24,26,28,36,39,44,47,65H,4-7,9-10,13-14,16,18-19,22-23,25,27,29-35,37-38,40-43,45-46,48-64H2,1-3H3/b11-8-,15-12-,20-17-,24-21-,28-26-,39-36-,47-44-. The van der Waals surface area contributed by atoms with Crippen LogP contribution in [0.4, 0.5) is 0 Å². The molecule has 1 unspecified atom stereocenters. The summed E-state index contributed by atoms with van der Waals surface area (Å²) in [6.45, 7) is 6.46. The minimum atomic E-state index is -0.800. The quantitative estimate of drug-likeness (QED) is 0.0261. The lowest BCUT2D eigenvalue weighted by Crippen LogP contribution is -2.30. The Morgan fingerprint density at radius 1 is 0.284 bits per heavy atom. The zero-order chi connectivity index (χ0) is 53.6. The molecule has 6 heteroatoms. The molecule has 0 aliphatic carbocycles. The van der Waals surface area contributed by atoms with Crippen molar-refractivity contribution in [2.24, 2.45) is 0 Å². The predicted octanol–water partition coefficient (Wildman–Crippen LogP) is 21.5. The highest BCUT2D eigenvalue weighted by Gasteiger charge is 2.19. The first-order valence-corrected chi connectivity index (χ1v) is 31.6. The van der Waals surface area contributed by atoms with Crippen molar-refractivity contribution in [3.05, 3.63) is 85.1 Å². The first-order chi connectivity index (χ1) is 36.5. The van der Waals surface area contributed by atoms with Crippen LogP contribution in [0.2, 0.25) is 0 Å². The Morgan fingerprint density at radius 2 is 0.554 bits per heavy atom. The van der Waals surface area contributed by atoms with Gasteiger partial charge in [0.1, 0.15) is 13.2 Å². The number of unbranched alkanes of at least 4 members (excludes halogenated alkanes) is 32. The van der Waals surface area contributed by atoms with Crippen molar-refractivity contribution in [1.29, 1.82) is 0 Å². The zero-order valence-corrected chi connectivity index (χ0v) is 48.8. The van der Waals surface area contributed by atoms with Gasteiger partial charge in [0.05, 0.1) is 0 Å². The number of hydrogen-bond donors (Lipinski definition) is 0. The molecule has 0 aromatic carbocycles. The number of hydrogen-bond acceptors (Lipinski definition) is 6. The van der Waals surface area contributed by atoms with E-state index in [1.54, 1.807) is 0 Å². The van der Waals surface area contributed by atoms with E-state index in [0.717, 1.165) is 128 Å². The van der Waals surface area contributed by atoms with Crippen molar-refractivity contribution in [2.75, 3.05) is 13.2 Å². The summed E-state index contributed by atoms with van der Waals surface area (Å²) >= 11 is 0. The molecule has 0 aromatic heterocycles. The lowest BCUT2D eigenvalue weighted by molar-refractivity contribution is -0.167. The molecule has 74 heavy (non-hydrogen) atoms. The Kier molecular flexibility index (Phi) is 59.3. The average Bonchev–Trinajstić information content (AvgIpc) is 3.40. The Morgan fingerprint density at radius 3 is 0.892 bits per heavy atom. The molecule has 6 nitrogen and oxygen atoms in total. The fraction of sp³-hybridized carbons (Fsp3) is 0.750. The van der Waals surface area contributed by atoms with E-state index in [0.29, 0.717) is 12.8 Å². The van der Waals surface area contributed by atoms with E-state index in [1.807, 2.05) is 0 Å². The van der Waals surface area contributed by atoms with Gasteiger partial charge in [0.2, 0.25) is 0 Å². The molecule has 0 amide bonds. The van der Waals surface area contributed by atoms with E-state index in [1.165, 1.54) is 141 Å². The summed E-state index contributed by atoms with van der Waals surface area (Å²) in [6, 6.07) is 0. The highest BCUT2D eigenvalue weighted by Crippen LogP contribution is 2.17. The van der Waals surface area contributed by atoms with E-state index in [4.69, 9.17) is 14.2 Å². The third-order valence-electron chi connectivity index (χ3n) is 13.6. The Bertz CT molecular complexity index is 1420. The van der Waals surface area contributed by atoms with Crippen LogP contribution in [0.5, 0.6) is 0 Å². The number of rotatable bonds is 57. The van der Waals surface area contributed by atoms with Gasteiger partial charge in [-0.1, -0.05) is 286 Å². The average molecular weight is 1030 g/mol. The molecular formula is C68H118O6. The summed E-state index contributed by atoms with van der Waals surface area (Å²) in [5.74, 6) is -0.929. The monoisotopic (exact) mass is 1030 g/mol. The van der Waals surface area contributed by atoms with Gasteiger partial charge in [0.15, 0.2) is 6.10 Å². The van der Waals surface area contributed by atoms with Crippen molar-refractivity contribution < 1.29 is 28.6 Å². The minimum absolute atomic E-state index is 0.0925. The lowest BCUT2D eigenvalue weighted by atomic mass is 10.0. The van der Waals surface area contributed by atoms with Crippen LogP contribution in [0.3, 0.4) is 0 Å². The lowest BCUT2D eigenvalue weighted by Gasteiger charge is -2.18. The predicted molar refractivity (Wildman–Crippen MR) is 321 cm³/mol. The minimum Gasteiger partial charge on any atom is -0.462 e. The summed E-state index contributed by atoms with van der Waals surface area (Å²) in [5.41, 5.74) is 0. The molecule has 0 N–H and O–H groups in total. The van der Waals surface area contributed by atoms with Gasteiger partial charge in [-0.25, -0.2) is 0 Å². The van der Waals surface area contributed by atoms with Crippen molar-refractivity contribution in [1.82, 2.24) is 0 Å². The largest absolute Gasteiger partial charge is 0.462 e. The molecule has 0 aliphatic heterocycles. The Balaban J connectivity index is 4.34. The van der Waals surface area contributed by atoms with Gasteiger partial charge in [-0.2, -0.15) is 0 Å². The van der Waals surface area contributed by atoms with Gasteiger partial charge in [-0.3, -0.25) is 14.4 Å². The second-order valence-corrected chi connectivity index (χ2v) is 20.9. The Hall–Kier alpha value is -3.41. The first-order valence-electron chi connectivity index (χ1n) is 31.6. The van der Waals surface area contributed by atoms with Crippen LogP contribution in [0.25, 0.3) is 0 Å². The zero-order valence-electron chi connectivity index (χ0n) is 48.8. The molecule has 0 heterocycles. The molecule has 0 saturated carbocycles. The van der Waals surface area contributed by atoms with Gasteiger partial charge in [-0.05, 0) is 89.9 Å². The maximum Gasteiger partial charge on any atom is 0.306 e. The summed E-state index contributed by atoms with van der Waals surface area (Å²) in [5, 5.41) is 0. The van der Waals surface area contributed by atoms with E-state index in [-0.39, 0.29) is 37.5 Å². The summed E-state index contributed by atoms with van der Waals surface area (Å²) in [4.78, 5) is 38.3. The van der Waals surface area contributed by atoms with Crippen molar-refractivity contribution in [3.8, 4) is 0 Å². The van der Waals surface area contributed by atoms with Crippen LogP contribution in [-0.2, 0) is 28.6 Å². The molecule has 0 rings (SSSR count). The van der Waals surface area contributed by atoms with Crippen LogP contribution in [0.1, 0.15) is 310 Å². The van der Waals surface area contributed by atoms with Crippen LogP contribution >= 0.6 is 0 Å². The summed E-state index contributed by atoms with van der Waals surface area (Å²) < 4.78 is 16.9. The molecule has 0 bridgehead atoms. The van der Waals surface area contributed by atoms with Crippen LogP contribution < -0.4 is 0 Å². The Labute approximate surface area is 458 Å². The van der Waals surface area contributed by atoms with Gasteiger partial charge in [0.25, 0.3) is 0 Å². The van der Waals surface area contributed by atoms with Gasteiger partial charge < -0.3 is 14.2 Å². The fourth-order valence-electron chi connectivity index (χ4n) is 8.92. The number of allylic oxidation sites excluding steroid dienone is 14. The van der Waals surface area contributed by atoms with Crippen molar-refractivity contribution in [3.63, 3.8) is 0 Å². The van der Waals surface area contributed by atoms with Crippen LogP contribution in [0, 0.1) is 0 Å². The normalized spacial score (nSPS) is 12.6. The maximum atomic E-state index is 12.9. The van der Waals surface area contributed by atoms with E-state index < -0.39 is 6.10 Å². The second kappa shape index (κ2) is 62.1. The number of carbonyl (C=O) groups is 3.